The first-order chi connectivity index (χ1) is 10.7. The molecule has 0 radical (unpaired) electrons. The van der Waals surface area contributed by atoms with E-state index >= 15 is 0 Å². The standard InChI is InChI=1S/C14H16F3N3O2S/c1-19-11-4-6-20(7-5-11)23(21,22)12-3-2-10(9-18)13(8-12)14(15,16)17/h2-3,8,11,19H,4-7H2,1H3. The van der Waals surface area contributed by atoms with Crippen molar-refractivity contribution in [2.75, 3.05) is 20.1 Å². The average molecular weight is 347 g/mol. The van der Waals surface area contributed by atoms with Gasteiger partial charge in [0, 0.05) is 19.1 Å². The van der Waals surface area contributed by atoms with Gasteiger partial charge in [-0.1, -0.05) is 0 Å². The molecule has 2 rings (SSSR count). The Hall–Kier alpha value is -1.63. The largest absolute Gasteiger partial charge is 0.417 e. The van der Waals surface area contributed by atoms with E-state index in [1.54, 1.807) is 7.05 Å². The van der Waals surface area contributed by atoms with Gasteiger partial charge < -0.3 is 5.32 Å². The molecule has 126 valence electrons. The number of hydrogen-bond acceptors (Lipinski definition) is 4. The number of nitrogens with one attached hydrogen (secondary N) is 1. The normalized spacial score (nSPS) is 17.9. The zero-order valence-corrected chi connectivity index (χ0v) is 13.2. The van der Waals surface area contributed by atoms with E-state index < -0.39 is 32.2 Å². The Bertz CT molecular complexity index is 718. The number of rotatable bonds is 3. The average Bonchev–Trinajstić information content (AvgIpc) is 2.53. The lowest BCUT2D eigenvalue weighted by atomic mass is 10.1. The fourth-order valence-electron chi connectivity index (χ4n) is 2.55. The number of halogens is 3. The van der Waals surface area contributed by atoms with Crippen molar-refractivity contribution in [2.24, 2.45) is 0 Å². The Morgan fingerprint density at radius 3 is 2.39 bits per heavy atom. The lowest BCUT2D eigenvalue weighted by Crippen LogP contribution is -2.43. The summed E-state index contributed by atoms with van der Waals surface area (Å²) < 4.78 is 65.1. The number of hydrogen-bond donors (Lipinski definition) is 1. The molecular formula is C14H16F3N3O2S. The Labute approximate surface area is 132 Å². The fourth-order valence-corrected chi connectivity index (χ4v) is 4.05. The molecule has 0 aromatic heterocycles. The van der Waals surface area contributed by atoms with Crippen LogP contribution >= 0.6 is 0 Å². The summed E-state index contributed by atoms with van der Waals surface area (Å²) in [5.74, 6) is 0. The van der Waals surface area contributed by atoms with E-state index in [-0.39, 0.29) is 19.1 Å². The van der Waals surface area contributed by atoms with Gasteiger partial charge >= 0.3 is 6.18 Å². The molecule has 0 bridgehead atoms. The van der Waals surface area contributed by atoms with Gasteiger partial charge in [0.2, 0.25) is 10.0 Å². The molecule has 1 fully saturated rings. The predicted molar refractivity (Wildman–Crippen MR) is 77.0 cm³/mol. The molecule has 0 amide bonds. The van der Waals surface area contributed by atoms with Gasteiger partial charge in [-0.05, 0) is 38.1 Å². The first kappa shape index (κ1) is 17.7. The molecule has 0 spiro atoms. The van der Waals surface area contributed by atoms with Crippen LogP contribution in [0.1, 0.15) is 24.0 Å². The van der Waals surface area contributed by atoms with E-state index in [9.17, 15) is 21.6 Å². The van der Waals surface area contributed by atoms with Gasteiger partial charge in [-0.15, -0.1) is 0 Å². The third-order valence-electron chi connectivity index (χ3n) is 3.92. The summed E-state index contributed by atoms with van der Waals surface area (Å²) in [5.41, 5.74) is -1.82. The van der Waals surface area contributed by atoms with Gasteiger partial charge in [0.25, 0.3) is 0 Å². The lowest BCUT2D eigenvalue weighted by Gasteiger charge is -2.31. The van der Waals surface area contributed by atoms with Gasteiger partial charge in [0.1, 0.15) is 0 Å². The van der Waals surface area contributed by atoms with Crippen molar-refractivity contribution in [3.8, 4) is 6.07 Å². The molecule has 1 saturated heterocycles. The molecule has 1 N–H and O–H groups in total. The Morgan fingerprint density at radius 1 is 1.30 bits per heavy atom. The van der Waals surface area contributed by atoms with E-state index in [0.29, 0.717) is 18.9 Å². The van der Waals surface area contributed by atoms with E-state index in [1.165, 1.54) is 10.4 Å². The SMILES string of the molecule is CNC1CCN(S(=O)(=O)c2ccc(C#N)c(C(F)(F)F)c2)CC1. The van der Waals surface area contributed by atoms with Gasteiger partial charge in [0.15, 0.2) is 0 Å². The second kappa shape index (κ2) is 6.47. The first-order valence-electron chi connectivity index (χ1n) is 6.99. The van der Waals surface area contributed by atoms with Gasteiger partial charge in [-0.3, -0.25) is 0 Å². The molecule has 1 heterocycles. The quantitative estimate of drug-likeness (QED) is 0.907. The van der Waals surface area contributed by atoms with Crippen LogP contribution in [0.3, 0.4) is 0 Å². The zero-order chi connectivity index (χ0) is 17.3. The molecule has 23 heavy (non-hydrogen) atoms. The van der Waals surface area contributed by atoms with Crippen molar-refractivity contribution in [2.45, 2.75) is 30.0 Å². The Morgan fingerprint density at radius 2 is 1.91 bits per heavy atom. The molecule has 5 nitrogen and oxygen atoms in total. The summed E-state index contributed by atoms with van der Waals surface area (Å²) in [7, 11) is -2.22. The summed E-state index contributed by atoms with van der Waals surface area (Å²) in [4.78, 5) is -0.438. The number of benzene rings is 1. The van der Waals surface area contributed by atoms with Crippen molar-refractivity contribution in [3.05, 3.63) is 29.3 Å². The maximum absolute atomic E-state index is 13.0. The second-order valence-corrected chi connectivity index (χ2v) is 7.22. The number of sulfonamides is 1. The fraction of sp³-hybridized carbons (Fsp3) is 0.500. The van der Waals surface area contributed by atoms with Crippen LogP contribution in [-0.4, -0.2) is 38.9 Å². The molecule has 1 aromatic carbocycles. The smallest absolute Gasteiger partial charge is 0.317 e. The summed E-state index contributed by atoms with van der Waals surface area (Å²) in [6, 6.07) is 4.13. The molecule has 0 saturated carbocycles. The third kappa shape index (κ3) is 3.65. The van der Waals surface area contributed by atoms with Crippen molar-refractivity contribution in [1.29, 1.82) is 5.26 Å². The molecule has 0 aliphatic carbocycles. The molecule has 1 aromatic rings. The van der Waals surface area contributed by atoms with Crippen LogP contribution < -0.4 is 5.32 Å². The van der Waals surface area contributed by atoms with Crippen LogP contribution in [0.25, 0.3) is 0 Å². The van der Waals surface area contributed by atoms with Crippen LogP contribution in [0.5, 0.6) is 0 Å². The van der Waals surface area contributed by atoms with Crippen molar-refractivity contribution >= 4 is 10.0 Å². The van der Waals surface area contributed by atoms with Crippen molar-refractivity contribution < 1.29 is 21.6 Å². The summed E-state index contributed by atoms with van der Waals surface area (Å²) in [5, 5.41) is 11.8. The summed E-state index contributed by atoms with van der Waals surface area (Å²) >= 11 is 0. The van der Waals surface area contributed by atoms with E-state index in [0.717, 1.165) is 12.1 Å². The molecule has 9 heteroatoms. The zero-order valence-electron chi connectivity index (χ0n) is 12.4. The van der Waals surface area contributed by atoms with E-state index in [4.69, 9.17) is 5.26 Å². The van der Waals surface area contributed by atoms with Crippen molar-refractivity contribution in [1.82, 2.24) is 9.62 Å². The lowest BCUT2D eigenvalue weighted by molar-refractivity contribution is -0.137. The van der Waals surface area contributed by atoms with Crippen LogP contribution in [0, 0.1) is 11.3 Å². The first-order valence-corrected chi connectivity index (χ1v) is 8.43. The Kier molecular flexibility index (Phi) is 4.98. The van der Waals surface area contributed by atoms with E-state index in [2.05, 4.69) is 5.32 Å². The Balaban J connectivity index is 2.36. The van der Waals surface area contributed by atoms with Gasteiger partial charge in [-0.25, -0.2) is 8.42 Å². The predicted octanol–water partition coefficient (Wildman–Crippen LogP) is 1.95. The van der Waals surface area contributed by atoms with Gasteiger partial charge in [0.05, 0.1) is 22.1 Å². The number of nitriles is 1. The van der Waals surface area contributed by atoms with Crippen LogP contribution in [0.4, 0.5) is 13.2 Å². The highest BCUT2D eigenvalue weighted by Gasteiger charge is 2.36. The van der Waals surface area contributed by atoms with Crippen molar-refractivity contribution in [3.63, 3.8) is 0 Å². The van der Waals surface area contributed by atoms with Crippen LogP contribution in [-0.2, 0) is 16.2 Å². The monoisotopic (exact) mass is 347 g/mol. The molecule has 0 atom stereocenters. The second-order valence-electron chi connectivity index (χ2n) is 5.28. The topological polar surface area (TPSA) is 73.2 Å². The minimum absolute atomic E-state index is 0.202. The van der Waals surface area contributed by atoms with Gasteiger partial charge in [-0.2, -0.15) is 22.7 Å². The van der Waals surface area contributed by atoms with Crippen LogP contribution in [0.2, 0.25) is 0 Å². The minimum Gasteiger partial charge on any atom is -0.317 e. The summed E-state index contributed by atoms with van der Waals surface area (Å²) in [6.45, 7) is 0.490. The highest BCUT2D eigenvalue weighted by Crippen LogP contribution is 2.34. The third-order valence-corrected chi connectivity index (χ3v) is 5.81. The number of alkyl halides is 3. The molecule has 1 aliphatic rings. The maximum atomic E-state index is 13.0. The highest BCUT2D eigenvalue weighted by atomic mass is 32.2. The molecule has 1 aliphatic heterocycles. The summed E-state index contributed by atoms with van der Waals surface area (Å²) in [6.07, 6.45) is -3.59. The molecule has 0 unspecified atom stereocenters. The minimum atomic E-state index is -4.78. The van der Waals surface area contributed by atoms with Crippen LogP contribution in [0.15, 0.2) is 23.1 Å². The van der Waals surface area contributed by atoms with E-state index in [1.807, 2.05) is 0 Å². The number of nitrogens with zero attached hydrogens (tertiary/aromatic N) is 2. The molecular weight excluding hydrogens is 331 g/mol. The highest BCUT2D eigenvalue weighted by molar-refractivity contribution is 7.89. The maximum Gasteiger partial charge on any atom is 0.417 e. The number of piperidine rings is 1.